The molecule has 0 aliphatic carbocycles. The predicted molar refractivity (Wildman–Crippen MR) is 105 cm³/mol. The molecule has 0 unspecified atom stereocenters. The smallest absolute Gasteiger partial charge is 0.338 e. The molecular weight excluding hydrogens is 360 g/mol. The summed E-state index contributed by atoms with van der Waals surface area (Å²) in [6.07, 6.45) is 0. The lowest BCUT2D eigenvalue weighted by molar-refractivity contribution is -0.384. The first kappa shape index (κ1) is 19.0. The van der Waals surface area contributed by atoms with Crippen LogP contribution >= 0.6 is 0 Å². The highest BCUT2D eigenvalue weighted by Gasteiger charge is 2.19. The third kappa shape index (κ3) is 3.98. The topological polar surface area (TPSA) is 89.8 Å². The number of rotatable bonds is 6. The number of fused-ring (bicyclic) bond motifs is 1. The van der Waals surface area contributed by atoms with E-state index in [1.165, 1.54) is 18.2 Å². The molecule has 1 amide bonds. The quantitative estimate of drug-likeness (QED) is 0.368. The number of hydrogen-bond acceptors (Lipinski definition) is 5. The van der Waals surface area contributed by atoms with Crippen molar-refractivity contribution in [1.29, 1.82) is 0 Å². The number of nitro benzene ring substituents is 1. The first-order chi connectivity index (χ1) is 13.5. The van der Waals surface area contributed by atoms with Crippen molar-refractivity contribution < 1.29 is 19.2 Å². The van der Waals surface area contributed by atoms with Crippen LogP contribution in [0.2, 0.25) is 0 Å². The first-order valence-electron chi connectivity index (χ1n) is 8.71. The molecule has 7 heteroatoms. The van der Waals surface area contributed by atoms with Gasteiger partial charge in [-0.15, -0.1) is 0 Å². The Labute approximate surface area is 161 Å². The van der Waals surface area contributed by atoms with Gasteiger partial charge in [-0.1, -0.05) is 42.5 Å². The molecule has 3 aromatic rings. The van der Waals surface area contributed by atoms with Crippen LogP contribution in [0.4, 0.5) is 11.4 Å². The zero-order valence-corrected chi connectivity index (χ0v) is 15.2. The Balaban J connectivity index is 1.75. The minimum Gasteiger partial charge on any atom is -0.452 e. The number of likely N-dealkylation sites (N-methyl/N-ethyl adjacent to an activating group) is 1. The Hall–Kier alpha value is -3.74. The summed E-state index contributed by atoms with van der Waals surface area (Å²) in [5.41, 5.74) is 0.541. The largest absolute Gasteiger partial charge is 0.452 e. The molecule has 3 aromatic carbocycles. The molecule has 0 aromatic heterocycles. The van der Waals surface area contributed by atoms with Crippen LogP contribution in [0, 0.1) is 10.1 Å². The molecule has 0 heterocycles. The highest BCUT2D eigenvalue weighted by molar-refractivity contribution is 6.04. The number of nitro groups is 1. The molecule has 3 rings (SSSR count). The van der Waals surface area contributed by atoms with E-state index in [9.17, 15) is 19.7 Å². The number of ether oxygens (including phenoxy) is 1. The van der Waals surface area contributed by atoms with E-state index >= 15 is 0 Å². The number of anilines is 1. The van der Waals surface area contributed by atoms with Gasteiger partial charge in [-0.25, -0.2) is 4.79 Å². The van der Waals surface area contributed by atoms with Crippen LogP contribution in [0.1, 0.15) is 17.3 Å². The van der Waals surface area contributed by atoms with Gasteiger partial charge in [-0.2, -0.15) is 0 Å². The van der Waals surface area contributed by atoms with Gasteiger partial charge < -0.3 is 9.64 Å². The molecule has 0 atom stereocenters. The van der Waals surface area contributed by atoms with Crippen molar-refractivity contribution in [2.24, 2.45) is 0 Å². The Kier molecular flexibility index (Phi) is 5.64. The number of carbonyl (C=O) groups is 2. The van der Waals surface area contributed by atoms with Crippen molar-refractivity contribution >= 4 is 34.0 Å². The Morgan fingerprint density at radius 3 is 2.50 bits per heavy atom. The number of amides is 1. The summed E-state index contributed by atoms with van der Waals surface area (Å²) in [5.74, 6) is -1.16. The number of carbonyl (C=O) groups excluding carboxylic acids is 2. The monoisotopic (exact) mass is 378 g/mol. The van der Waals surface area contributed by atoms with Gasteiger partial charge in [0.25, 0.3) is 11.6 Å². The maximum Gasteiger partial charge on any atom is 0.338 e. The molecule has 0 N–H and O–H groups in total. The Morgan fingerprint density at radius 1 is 1.04 bits per heavy atom. The van der Waals surface area contributed by atoms with Crippen LogP contribution in [-0.2, 0) is 9.53 Å². The molecule has 0 fully saturated rings. The van der Waals surface area contributed by atoms with Crippen molar-refractivity contribution in [3.63, 3.8) is 0 Å². The van der Waals surface area contributed by atoms with E-state index in [-0.39, 0.29) is 17.2 Å². The highest BCUT2D eigenvalue weighted by atomic mass is 16.6. The normalized spacial score (nSPS) is 10.5. The van der Waals surface area contributed by atoms with Crippen LogP contribution in [0.15, 0.2) is 66.7 Å². The van der Waals surface area contributed by atoms with Crippen molar-refractivity contribution in [2.45, 2.75) is 6.92 Å². The van der Waals surface area contributed by atoms with Gasteiger partial charge >= 0.3 is 5.97 Å². The number of esters is 1. The highest BCUT2D eigenvalue weighted by Crippen LogP contribution is 2.26. The molecule has 28 heavy (non-hydrogen) atoms. The van der Waals surface area contributed by atoms with Crippen molar-refractivity contribution in [3.8, 4) is 0 Å². The fraction of sp³-hybridized carbons (Fsp3) is 0.143. The number of benzene rings is 3. The maximum atomic E-state index is 12.7. The molecule has 0 spiro atoms. The second-order valence-electron chi connectivity index (χ2n) is 6.02. The van der Waals surface area contributed by atoms with Crippen molar-refractivity contribution in [1.82, 2.24) is 0 Å². The second-order valence-corrected chi connectivity index (χ2v) is 6.02. The zero-order chi connectivity index (χ0) is 20.1. The molecule has 7 nitrogen and oxygen atoms in total. The van der Waals surface area contributed by atoms with E-state index in [0.717, 1.165) is 22.5 Å². The summed E-state index contributed by atoms with van der Waals surface area (Å²) in [5, 5.41) is 12.7. The molecule has 0 aliphatic rings. The minimum absolute atomic E-state index is 0.0233. The van der Waals surface area contributed by atoms with Gasteiger partial charge in [0.2, 0.25) is 0 Å². The molecule has 0 bridgehead atoms. The van der Waals surface area contributed by atoms with Crippen molar-refractivity contribution in [3.05, 3.63) is 82.4 Å². The molecular formula is C21H18N2O5. The van der Waals surface area contributed by atoms with E-state index in [1.54, 1.807) is 4.90 Å². The van der Waals surface area contributed by atoms with Crippen LogP contribution in [0.5, 0.6) is 0 Å². The molecule has 142 valence electrons. The van der Waals surface area contributed by atoms with Crippen molar-refractivity contribution in [2.75, 3.05) is 18.1 Å². The van der Waals surface area contributed by atoms with Gasteiger partial charge in [0.1, 0.15) is 0 Å². The molecule has 0 radical (unpaired) electrons. The van der Waals surface area contributed by atoms with Gasteiger partial charge in [0, 0.05) is 24.1 Å². The van der Waals surface area contributed by atoms with E-state index in [4.69, 9.17) is 4.74 Å². The maximum absolute atomic E-state index is 12.7. The third-order valence-corrected chi connectivity index (χ3v) is 4.29. The van der Waals surface area contributed by atoms with E-state index < -0.39 is 17.5 Å². The van der Waals surface area contributed by atoms with E-state index in [1.807, 2.05) is 49.4 Å². The fourth-order valence-electron chi connectivity index (χ4n) is 2.96. The summed E-state index contributed by atoms with van der Waals surface area (Å²) >= 11 is 0. The summed E-state index contributed by atoms with van der Waals surface area (Å²) in [6.45, 7) is 1.78. The lowest BCUT2D eigenvalue weighted by Crippen LogP contribution is -2.34. The number of non-ortho nitro benzene ring substituents is 1. The molecule has 0 saturated carbocycles. The Bertz CT molecular complexity index is 1040. The van der Waals surface area contributed by atoms with Crippen LogP contribution in [0.25, 0.3) is 10.8 Å². The van der Waals surface area contributed by atoms with E-state index in [0.29, 0.717) is 6.54 Å². The second kappa shape index (κ2) is 8.30. The lowest BCUT2D eigenvalue weighted by Gasteiger charge is -2.22. The zero-order valence-electron chi connectivity index (χ0n) is 15.2. The van der Waals surface area contributed by atoms with Crippen LogP contribution in [-0.4, -0.2) is 30.0 Å². The molecule has 0 saturated heterocycles. The Morgan fingerprint density at radius 2 is 1.75 bits per heavy atom. The van der Waals surface area contributed by atoms with E-state index in [2.05, 4.69) is 0 Å². The first-order valence-corrected chi connectivity index (χ1v) is 8.71. The molecule has 0 aliphatic heterocycles. The third-order valence-electron chi connectivity index (χ3n) is 4.29. The average Bonchev–Trinajstić information content (AvgIpc) is 2.72. The predicted octanol–water partition coefficient (Wildman–Crippen LogP) is 3.96. The standard InChI is InChI=1S/C21H18N2O5/c1-2-22(19-12-6-8-15-7-3-4-11-18(15)19)20(24)14-28-21(25)16-9-5-10-17(13-16)23(26)27/h3-13H,2,14H2,1H3. The van der Waals surface area contributed by atoms with Gasteiger partial charge in [0.15, 0.2) is 6.61 Å². The van der Waals surface area contributed by atoms with Gasteiger partial charge in [-0.3, -0.25) is 14.9 Å². The summed E-state index contributed by atoms with van der Waals surface area (Å²) in [4.78, 5) is 36.6. The lowest BCUT2D eigenvalue weighted by atomic mass is 10.1. The minimum atomic E-state index is -0.786. The number of hydrogen-bond donors (Lipinski definition) is 0. The van der Waals surface area contributed by atoms with Gasteiger partial charge in [-0.05, 0) is 24.4 Å². The SMILES string of the molecule is CCN(C(=O)COC(=O)c1cccc([N+](=O)[O-])c1)c1cccc2ccccc12. The van der Waals surface area contributed by atoms with Crippen LogP contribution < -0.4 is 4.90 Å². The fourth-order valence-corrected chi connectivity index (χ4v) is 2.96. The summed E-state index contributed by atoms with van der Waals surface area (Å²) in [6, 6.07) is 18.6. The van der Waals surface area contributed by atoms with Gasteiger partial charge in [0.05, 0.1) is 16.2 Å². The summed E-state index contributed by atoms with van der Waals surface area (Å²) in [7, 11) is 0. The number of nitrogens with zero attached hydrogens (tertiary/aromatic N) is 2. The summed E-state index contributed by atoms with van der Waals surface area (Å²) < 4.78 is 5.09. The van der Waals surface area contributed by atoms with Crippen LogP contribution in [0.3, 0.4) is 0 Å². The average molecular weight is 378 g/mol.